The molecule has 126 valence electrons. The second-order valence-corrected chi connectivity index (χ2v) is 5.52. The van der Waals surface area contributed by atoms with Gasteiger partial charge in [0.2, 0.25) is 0 Å². The molecule has 2 N–H and O–H groups in total. The van der Waals surface area contributed by atoms with Crippen LogP contribution in [0.15, 0.2) is 71.8 Å². The van der Waals surface area contributed by atoms with E-state index in [-0.39, 0.29) is 18.3 Å². The van der Waals surface area contributed by atoms with E-state index in [1.807, 2.05) is 42.5 Å². The summed E-state index contributed by atoms with van der Waals surface area (Å²) in [6.07, 6.45) is 0. The molecule has 3 aromatic carbocycles. The molecule has 0 saturated heterocycles. The summed E-state index contributed by atoms with van der Waals surface area (Å²) in [6.45, 7) is 1.56. The third-order valence-electron chi connectivity index (χ3n) is 3.75. The molecule has 0 atom stereocenters. The molecule has 25 heavy (non-hydrogen) atoms. The molecular formula is C20H18N2O3. The number of para-hydroxylation sites is 1. The number of nitrogens with one attached hydrogen (secondary N) is 1. The lowest BCUT2D eigenvalue weighted by molar-refractivity contribution is -0.123. The van der Waals surface area contributed by atoms with Gasteiger partial charge in [-0.2, -0.15) is 5.10 Å². The van der Waals surface area contributed by atoms with Crippen molar-refractivity contribution in [1.82, 2.24) is 5.43 Å². The second kappa shape index (κ2) is 7.49. The lowest BCUT2D eigenvalue weighted by Crippen LogP contribution is -2.25. The fraction of sp³-hybridized carbons (Fsp3) is 0.100. The monoisotopic (exact) mass is 334 g/mol. The number of aromatic hydroxyl groups is 1. The number of carbonyl (C=O) groups is 1. The summed E-state index contributed by atoms with van der Waals surface area (Å²) >= 11 is 0. The van der Waals surface area contributed by atoms with Crippen molar-refractivity contribution in [3.8, 4) is 11.5 Å². The summed E-state index contributed by atoms with van der Waals surface area (Å²) in [5.41, 5.74) is 3.52. The molecule has 0 heterocycles. The third-order valence-corrected chi connectivity index (χ3v) is 3.75. The Morgan fingerprint density at radius 3 is 2.60 bits per heavy atom. The molecule has 0 spiro atoms. The smallest absolute Gasteiger partial charge is 0.277 e. The molecule has 0 saturated carbocycles. The van der Waals surface area contributed by atoms with E-state index in [1.54, 1.807) is 31.2 Å². The Morgan fingerprint density at radius 2 is 1.76 bits per heavy atom. The predicted molar refractivity (Wildman–Crippen MR) is 97.9 cm³/mol. The van der Waals surface area contributed by atoms with Crippen LogP contribution in [0.2, 0.25) is 0 Å². The largest absolute Gasteiger partial charge is 0.507 e. The van der Waals surface area contributed by atoms with Crippen molar-refractivity contribution in [2.45, 2.75) is 6.92 Å². The van der Waals surface area contributed by atoms with Crippen LogP contribution in [0.3, 0.4) is 0 Å². The summed E-state index contributed by atoms with van der Waals surface area (Å²) < 4.78 is 5.61. The first-order chi connectivity index (χ1) is 12.1. The first-order valence-electron chi connectivity index (χ1n) is 7.87. The minimum Gasteiger partial charge on any atom is -0.507 e. The average molecular weight is 334 g/mol. The highest BCUT2D eigenvalue weighted by Gasteiger charge is 2.07. The Balaban J connectivity index is 1.63. The van der Waals surface area contributed by atoms with E-state index in [9.17, 15) is 9.90 Å². The summed E-state index contributed by atoms with van der Waals surface area (Å²) in [5, 5.41) is 15.8. The van der Waals surface area contributed by atoms with E-state index in [0.717, 1.165) is 10.8 Å². The number of ether oxygens (including phenoxy) is 1. The zero-order chi connectivity index (χ0) is 17.6. The van der Waals surface area contributed by atoms with Gasteiger partial charge in [-0.05, 0) is 30.5 Å². The standard InChI is InChI=1S/C20H18N2O3/c1-14(16-9-4-5-11-18(16)23)21-22-20(24)13-25-19-12-6-8-15-7-2-3-10-17(15)19/h2-12,23H,13H2,1H3,(H,22,24). The Labute approximate surface area is 145 Å². The quantitative estimate of drug-likeness (QED) is 0.554. The SMILES string of the molecule is CC(=NNC(=O)COc1cccc2ccccc12)c1ccccc1O. The maximum atomic E-state index is 12.0. The molecule has 0 unspecified atom stereocenters. The van der Waals surface area contributed by atoms with Crippen molar-refractivity contribution < 1.29 is 14.6 Å². The van der Waals surface area contributed by atoms with E-state index in [2.05, 4.69) is 10.5 Å². The van der Waals surface area contributed by atoms with E-state index in [0.29, 0.717) is 17.0 Å². The van der Waals surface area contributed by atoms with Gasteiger partial charge in [-0.1, -0.05) is 48.5 Å². The highest BCUT2D eigenvalue weighted by molar-refractivity contribution is 6.01. The van der Waals surface area contributed by atoms with Gasteiger partial charge < -0.3 is 9.84 Å². The molecule has 0 aliphatic heterocycles. The second-order valence-electron chi connectivity index (χ2n) is 5.52. The van der Waals surface area contributed by atoms with Crippen molar-refractivity contribution in [1.29, 1.82) is 0 Å². The van der Waals surface area contributed by atoms with Crippen LogP contribution < -0.4 is 10.2 Å². The van der Waals surface area contributed by atoms with Gasteiger partial charge in [-0.25, -0.2) is 5.43 Å². The van der Waals surface area contributed by atoms with Gasteiger partial charge >= 0.3 is 0 Å². The molecule has 0 radical (unpaired) electrons. The Kier molecular flexibility index (Phi) is 4.95. The number of phenols is 1. The van der Waals surface area contributed by atoms with Gasteiger partial charge in [-0.3, -0.25) is 4.79 Å². The van der Waals surface area contributed by atoms with Gasteiger partial charge in [0.05, 0.1) is 5.71 Å². The van der Waals surface area contributed by atoms with Crippen LogP contribution in [-0.4, -0.2) is 23.3 Å². The zero-order valence-corrected chi connectivity index (χ0v) is 13.8. The normalized spacial score (nSPS) is 11.3. The minimum atomic E-state index is -0.372. The molecule has 3 aromatic rings. The summed E-state index contributed by atoms with van der Waals surface area (Å²) in [6, 6.07) is 20.3. The maximum Gasteiger partial charge on any atom is 0.277 e. The van der Waals surface area contributed by atoms with Crippen LogP contribution in [0.4, 0.5) is 0 Å². The first kappa shape index (κ1) is 16.5. The highest BCUT2D eigenvalue weighted by Crippen LogP contribution is 2.24. The molecule has 0 fully saturated rings. The molecule has 3 rings (SSSR count). The zero-order valence-electron chi connectivity index (χ0n) is 13.8. The van der Waals surface area contributed by atoms with E-state index < -0.39 is 0 Å². The number of rotatable bonds is 5. The van der Waals surface area contributed by atoms with Crippen LogP contribution >= 0.6 is 0 Å². The Bertz CT molecular complexity index is 930. The lowest BCUT2D eigenvalue weighted by Gasteiger charge is -2.09. The number of hydrazone groups is 1. The minimum absolute atomic E-state index is 0.116. The van der Waals surface area contributed by atoms with E-state index in [4.69, 9.17) is 4.74 Å². The fourth-order valence-corrected chi connectivity index (χ4v) is 2.48. The molecule has 0 aliphatic carbocycles. The molecular weight excluding hydrogens is 316 g/mol. The van der Waals surface area contributed by atoms with Crippen molar-refractivity contribution in [2.75, 3.05) is 6.61 Å². The van der Waals surface area contributed by atoms with Crippen molar-refractivity contribution in [2.24, 2.45) is 5.10 Å². The van der Waals surface area contributed by atoms with Crippen LogP contribution in [0, 0.1) is 0 Å². The van der Waals surface area contributed by atoms with Gasteiger partial charge in [0.15, 0.2) is 6.61 Å². The van der Waals surface area contributed by atoms with Gasteiger partial charge in [0.1, 0.15) is 11.5 Å². The summed E-state index contributed by atoms with van der Waals surface area (Å²) in [5.74, 6) is 0.391. The highest BCUT2D eigenvalue weighted by atomic mass is 16.5. The molecule has 5 nitrogen and oxygen atoms in total. The number of phenolic OH excluding ortho intramolecular Hbond substituents is 1. The average Bonchev–Trinajstić information content (AvgIpc) is 2.64. The Hall–Kier alpha value is -3.34. The topological polar surface area (TPSA) is 70.9 Å². The fourth-order valence-electron chi connectivity index (χ4n) is 2.48. The number of hydrogen-bond acceptors (Lipinski definition) is 4. The molecule has 1 amide bonds. The van der Waals surface area contributed by atoms with Crippen molar-refractivity contribution in [3.63, 3.8) is 0 Å². The Morgan fingerprint density at radius 1 is 1.04 bits per heavy atom. The molecule has 0 bridgehead atoms. The van der Waals surface area contributed by atoms with Crippen LogP contribution in [0.25, 0.3) is 10.8 Å². The van der Waals surface area contributed by atoms with E-state index in [1.165, 1.54) is 0 Å². The first-order valence-corrected chi connectivity index (χ1v) is 7.87. The lowest BCUT2D eigenvalue weighted by atomic mass is 10.1. The third kappa shape index (κ3) is 3.95. The maximum absolute atomic E-state index is 12.0. The van der Waals surface area contributed by atoms with Gasteiger partial charge in [0, 0.05) is 10.9 Å². The van der Waals surface area contributed by atoms with Gasteiger partial charge in [0.25, 0.3) is 5.91 Å². The number of fused-ring (bicyclic) bond motifs is 1. The predicted octanol–water partition coefficient (Wildman–Crippen LogP) is 3.46. The van der Waals surface area contributed by atoms with Crippen LogP contribution in [0.5, 0.6) is 11.5 Å². The summed E-state index contributed by atoms with van der Waals surface area (Å²) in [7, 11) is 0. The van der Waals surface area contributed by atoms with Gasteiger partial charge in [-0.15, -0.1) is 0 Å². The number of amides is 1. The molecule has 0 aliphatic rings. The van der Waals surface area contributed by atoms with Crippen molar-refractivity contribution >= 4 is 22.4 Å². The van der Waals surface area contributed by atoms with Crippen molar-refractivity contribution in [3.05, 3.63) is 72.3 Å². The van der Waals surface area contributed by atoms with Crippen LogP contribution in [-0.2, 0) is 4.79 Å². The number of nitrogens with zero attached hydrogens (tertiary/aromatic N) is 1. The van der Waals surface area contributed by atoms with Crippen LogP contribution in [0.1, 0.15) is 12.5 Å². The molecule has 0 aromatic heterocycles. The number of hydrogen-bond donors (Lipinski definition) is 2. The summed E-state index contributed by atoms with van der Waals surface area (Å²) in [4.78, 5) is 12.0. The molecule has 5 heteroatoms. The van der Waals surface area contributed by atoms with E-state index >= 15 is 0 Å². The number of benzene rings is 3. The number of carbonyl (C=O) groups excluding carboxylic acids is 1.